The number of carboxylic acid groups (broad SMARTS) is 1. The van der Waals surface area contributed by atoms with Gasteiger partial charge in [0.15, 0.2) is 0 Å². The SMILES string of the molecule is O=C(N[C@H](Cc1ccc(-c2ccccc2)cc1)C(=O)O)c1ccncc1. The van der Waals surface area contributed by atoms with Crippen molar-refractivity contribution in [3.8, 4) is 11.1 Å². The Morgan fingerprint density at radius 1 is 0.885 bits per heavy atom. The van der Waals surface area contributed by atoms with Gasteiger partial charge in [0.1, 0.15) is 6.04 Å². The maximum absolute atomic E-state index is 12.2. The van der Waals surface area contributed by atoms with Gasteiger partial charge in [-0.15, -0.1) is 0 Å². The standard InChI is InChI=1S/C21H18N2O3/c24-20(18-10-12-22-13-11-18)23-19(21(25)26)14-15-6-8-17(9-7-15)16-4-2-1-3-5-16/h1-13,19H,14H2,(H,23,24)(H,25,26)/t19-/m1/s1. The minimum Gasteiger partial charge on any atom is -0.480 e. The van der Waals surface area contributed by atoms with Crippen molar-refractivity contribution in [2.45, 2.75) is 12.5 Å². The third kappa shape index (κ3) is 4.33. The van der Waals surface area contributed by atoms with Crippen LogP contribution < -0.4 is 5.32 Å². The third-order valence-corrected chi connectivity index (χ3v) is 4.05. The molecular formula is C21H18N2O3. The van der Waals surface area contributed by atoms with E-state index in [2.05, 4.69) is 10.3 Å². The van der Waals surface area contributed by atoms with Crippen LogP contribution in [-0.4, -0.2) is 28.0 Å². The van der Waals surface area contributed by atoms with E-state index in [0.29, 0.717) is 5.56 Å². The zero-order chi connectivity index (χ0) is 18.4. The summed E-state index contributed by atoms with van der Waals surface area (Å²) >= 11 is 0. The molecule has 0 aliphatic rings. The molecule has 0 fully saturated rings. The average Bonchev–Trinajstić information content (AvgIpc) is 2.69. The van der Waals surface area contributed by atoms with Crippen molar-refractivity contribution in [2.24, 2.45) is 0 Å². The monoisotopic (exact) mass is 346 g/mol. The molecule has 0 saturated carbocycles. The van der Waals surface area contributed by atoms with Gasteiger partial charge < -0.3 is 10.4 Å². The van der Waals surface area contributed by atoms with Crippen LogP contribution in [0.15, 0.2) is 79.1 Å². The van der Waals surface area contributed by atoms with E-state index in [9.17, 15) is 14.7 Å². The van der Waals surface area contributed by atoms with Gasteiger partial charge in [-0.3, -0.25) is 9.78 Å². The molecule has 1 aromatic heterocycles. The normalized spacial score (nSPS) is 11.5. The molecule has 5 heteroatoms. The van der Waals surface area contributed by atoms with Gasteiger partial charge in [-0.1, -0.05) is 54.6 Å². The molecule has 26 heavy (non-hydrogen) atoms. The maximum atomic E-state index is 12.2. The highest BCUT2D eigenvalue weighted by Crippen LogP contribution is 2.19. The zero-order valence-electron chi connectivity index (χ0n) is 14.0. The smallest absolute Gasteiger partial charge is 0.326 e. The van der Waals surface area contributed by atoms with Crippen LogP contribution in [0.5, 0.6) is 0 Å². The number of benzene rings is 2. The van der Waals surface area contributed by atoms with E-state index < -0.39 is 17.9 Å². The van der Waals surface area contributed by atoms with Crippen LogP contribution in [0.2, 0.25) is 0 Å². The van der Waals surface area contributed by atoms with Gasteiger partial charge in [0.05, 0.1) is 0 Å². The summed E-state index contributed by atoms with van der Waals surface area (Å²) in [6, 6.07) is 19.7. The van der Waals surface area contributed by atoms with Gasteiger partial charge in [0, 0.05) is 24.4 Å². The van der Waals surface area contributed by atoms with Crippen LogP contribution >= 0.6 is 0 Å². The summed E-state index contributed by atoms with van der Waals surface area (Å²) in [5.74, 6) is -1.50. The molecule has 2 aromatic carbocycles. The van der Waals surface area contributed by atoms with Gasteiger partial charge in [-0.2, -0.15) is 0 Å². The number of nitrogens with zero attached hydrogens (tertiary/aromatic N) is 1. The van der Waals surface area contributed by atoms with Crippen molar-refractivity contribution in [1.82, 2.24) is 10.3 Å². The van der Waals surface area contributed by atoms with E-state index in [0.717, 1.165) is 16.7 Å². The summed E-state index contributed by atoms with van der Waals surface area (Å²) in [5.41, 5.74) is 3.37. The largest absolute Gasteiger partial charge is 0.480 e. The molecule has 0 unspecified atom stereocenters. The van der Waals surface area contributed by atoms with E-state index in [-0.39, 0.29) is 6.42 Å². The topological polar surface area (TPSA) is 79.3 Å². The Morgan fingerprint density at radius 3 is 2.12 bits per heavy atom. The molecule has 0 saturated heterocycles. The lowest BCUT2D eigenvalue weighted by Gasteiger charge is -2.15. The lowest BCUT2D eigenvalue weighted by molar-refractivity contribution is -0.139. The minimum absolute atomic E-state index is 0.210. The summed E-state index contributed by atoms with van der Waals surface area (Å²) < 4.78 is 0. The second-order valence-corrected chi connectivity index (χ2v) is 5.87. The Balaban J connectivity index is 1.70. The predicted molar refractivity (Wildman–Crippen MR) is 98.7 cm³/mol. The Labute approximate surface area is 151 Å². The van der Waals surface area contributed by atoms with Crippen molar-refractivity contribution >= 4 is 11.9 Å². The average molecular weight is 346 g/mol. The molecule has 1 amide bonds. The minimum atomic E-state index is -1.07. The third-order valence-electron chi connectivity index (χ3n) is 4.05. The molecule has 0 spiro atoms. The molecule has 130 valence electrons. The fourth-order valence-electron chi connectivity index (χ4n) is 2.64. The summed E-state index contributed by atoms with van der Waals surface area (Å²) in [5, 5.41) is 12.0. The number of pyridine rings is 1. The number of carbonyl (C=O) groups is 2. The quantitative estimate of drug-likeness (QED) is 0.718. The number of carboxylic acids is 1. The van der Waals surface area contributed by atoms with Crippen molar-refractivity contribution < 1.29 is 14.7 Å². The molecule has 0 aliphatic carbocycles. The molecule has 0 aliphatic heterocycles. The lowest BCUT2D eigenvalue weighted by Crippen LogP contribution is -2.42. The van der Waals surface area contributed by atoms with Crippen molar-refractivity contribution in [2.75, 3.05) is 0 Å². The van der Waals surface area contributed by atoms with E-state index in [1.54, 1.807) is 12.1 Å². The second-order valence-electron chi connectivity index (χ2n) is 5.87. The Morgan fingerprint density at radius 2 is 1.50 bits per heavy atom. The van der Waals surface area contributed by atoms with E-state index >= 15 is 0 Å². The number of amides is 1. The van der Waals surface area contributed by atoms with Crippen molar-refractivity contribution in [3.63, 3.8) is 0 Å². The van der Waals surface area contributed by atoms with E-state index in [1.807, 2.05) is 54.6 Å². The summed E-state index contributed by atoms with van der Waals surface area (Å²) in [7, 11) is 0. The van der Waals surface area contributed by atoms with Crippen LogP contribution in [-0.2, 0) is 11.2 Å². The van der Waals surface area contributed by atoms with Crippen molar-refractivity contribution in [3.05, 3.63) is 90.3 Å². The van der Waals surface area contributed by atoms with Crippen LogP contribution in [0, 0.1) is 0 Å². The number of aliphatic carboxylic acids is 1. The number of aromatic nitrogens is 1. The molecule has 1 heterocycles. The zero-order valence-corrected chi connectivity index (χ0v) is 14.0. The Bertz CT molecular complexity index is 878. The van der Waals surface area contributed by atoms with Crippen LogP contribution in [0.3, 0.4) is 0 Å². The van der Waals surface area contributed by atoms with Gasteiger partial charge in [-0.25, -0.2) is 4.79 Å². The van der Waals surface area contributed by atoms with E-state index in [1.165, 1.54) is 12.4 Å². The van der Waals surface area contributed by atoms with E-state index in [4.69, 9.17) is 0 Å². The van der Waals surface area contributed by atoms with Gasteiger partial charge in [-0.05, 0) is 28.8 Å². The van der Waals surface area contributed by atoms with Crippen LogP contribution in [0.25, 0.3) is 11.1 Å². The number of carbonyl (C=O) groups excluding carboxylic acids is 1. The summed E-state index contributed by atoms with van der Waals surface area (Å²) in [4.78, 5) is 27.6. The fraction of sp³-hybridized carbons (Fsp3) is 0.0952. The number of hydrogen-bond donors (Lipinski definition) is 2. The first kappa shape index (κ1) is 17.4. The van der Waals surface area contributed by atoms with Gasteiger partial charge >= 0.3 is 5.97 Å². The molecule has 1 atom stereocenters. The highest BCUT2D eigenvalue weighted by Gasteiger charge is 2.21. The van der Waals surface area contributed by atoms with Crippen LogP contribution in [0.1, 0.15) is 15.9 Å². The highest BCUT2D eigenvalue weighted by atomic mass is 16.4. The first-order valence-corrected chi connectivity index (χ1v) is 8.21. The summed E-state index contributed by atoms with van der Waals surface area (Å²) in [6.45, 7) is 0. The molecule has 3 rings (SSSR count). The highest BCUT2D eigenvalue weighted by molar-refractivity contribution is 5.96. The predicted octanol–water partition coefficient (Wildman–Crippen LogP) is 3.17. The van der Waals surface area contributed by atoms with Gasteiger partial charge in [0.2, 0.25) is 0 Å². The molecule has 2 N–H and O–H groups in total. The van der Waals surface area contributed by atoms with Crippen molar-refractivity contribution in [1.29, 1.82) is 0 Å². The fourth-order valence-corrected chi connectivity index (χ4v) is 2.64. The van der Waals surface area contributed by atoms with Gasteiger partial charge in [0.25, 0.3) is 5.91 Å². The molecule has 3 aromatic rings. The van der Waals surface area contributed by atoms with Crippen LogP contribution in [0.4, 0.5) is 0 Å². The second kappa shape index (κ2) is 8.07. The Hall–Kier alpha value is -3.47. The first-order valence-electron chi connectivity index (χ1n) is 8.21. The molecule has 5 nitrogen and oxygen atoms in total. The summed E-state index contributed by atoms with van der Waals surface area (Å²) in [6.07, 6.45) is 3.20. The number of rotatable bonds is 6. The molecular weight excluding hydrogens is 328 g/mol. The molecule has 0 radical (unpaired) electrons. The first-order chi connectivity index (χ1) is 12.6. The maximum Gasteiger partial charge on any atom is 0.326 e. The number of nitrogens with one attached hydrogen (secondary N) is 1. The molecule has 0 bridgehead atoms. The number of hydrogen-bond acceptors (Lipinski definition) is 3. The lowest BCUT2D eigenvalue weighted by atomic mass is 10.0. The Kier molecular flexibility index (Phi) is 5.39.